The second-order valence-electron chi connectivity index (χ2n) is 2.36. The largest absolute Gasteiger partial charge is 0.450 e. The Morgan fingerprint density at radius 3 is 2.31 bits per heavy atom. The van der Waals surface area contributed by atoms with Gasteiger partial charge in [0.1, 0.15) is 5.82 Å². The number of halogens is 4. The molecule has 0 unspecified atom stereocenters. The average Bonchev–Trinajstić information content (AvgIpc) is 2.01. The van der Waals surface area contributed by atoms with Gasteiger partial charge >= 0.3 is 13.7 Å². The van der Waals surface area contributed by atoms with E-state index in [1.807, 2.05) is 0 Å². The lowest BCUT2D eigenvalue weighted by Gasteiger charge is -2.09. The Morgan fingerprint density at radius 2 is 1.85 bits per heavy atom. The van der Waals surface area contributed by atoms with Crippen LogP contribution in [0.5, 0.6) is 0 Å². The summed E-state index contributed by atoms with van der Waals surface area (Å²) in [6.07, 6.45) is -4.58. The van der Waals surface area contributed by atoms with Crippen LogP contribution in [0.1, 0.15) is 5.56 Å². The van der Waals surface area contributed by atoms with Crippen LogP contribution in [0, 0.1) is 5.82 Å². The average molecular weight is 191 g/mol. The quantitative estimate of drug-likeness (QED) is 0.520. The molecule has 0 aliphatic heterocycles. The number of rotatable bonds is 1. The van der Waals surface area contributed by atoms with Gasteiger partial charge in [0, 0.05) is 0 Å². The van der Waals surface area contributed by atoms with Gasteiger partial charge < -0.3 is 5.02 Å². The number of hydrogen-bond acceptors (Lipinski definition) is 1. The molecule has 69 valence electrons. The van der Waals surface area contributed by atoms with Crippen molar-refractivity contribution in [2.75, 3.05) is 0 Å². The Bertz CT molecular complexity index is 310. The minimum Gasteiger partial charge on any atom is -0.450 e. The smallest absolute Gasteiger partial charge is 0.415 e. The third kappa shape index (κ3) is 2.21. The van der Waals surface area contributed by atoms with Crippen molar-refractivity contribution in [2.24, 2.45) is 0 Å². The van der Waals surface area contributed by atoms with E-state index in [1.165, 1.54) is 0 Å². The highest BCUT2D eigenvalue weighted by Gasteiger charge is 2.33. The molecular weight excluding hydrogens is 187 g/mol. The fourth-order valence-corrected chi connectivity index (χ4v) is 0.899. The van der Waals surface area contributed by atoms with Crippen molar-refractivity contribution in [1.82, 2.24) is 0 Å². The molecule has 0 saturated carbocycles. The molecule has 1 N–H and O–H groups in total. The van der Waals surface area contributed by atoms with Gasteiger partial charge in [0.15, 0.2) is 0 Å². The van der Waals surface area contributed by atoms with Crippen molar-refractivity contribution in [3.8, 4) is 0 Å². The predicted octanol–water partition coefficient (Wildman–Crippen LogP) is 1.08. The van der Waals surface area contributed by atoms with E-state index in [0.717, 1.165) is 0 Å². The fraction of sp³-hybridized carbons (Fsp3) is 0.143. The third-order valence-corrected chi connectivity index (χ3v) is 1.46. The monoisotopic (exact) mass is 191 g/mol. The van der Waals surface area contributed by atoms with E-state index in [9.17, 15) is 17.6 Å². The molecule has 1 rings (SSSR count). The predicted molar refractivity (Wildman–Crippen MR) is 39.0 cm³/mol. The Balaban J connectivity index is 3.22. The summed E-state index contributed by atoms with van der Waals surface area (Å²) in [5.41, 5.74) is -1.64. The molecule has 0 saturated heterocycles. The van der Waals surface area contributed by atoms with E-state index in [0.29, 0.717) is 18.2 Å². The summed E-state index contributed by atoms with van der Waals surface area (Å²) in [6.45, 7) is 0. The second kappa shape index (κ2) is 3.37. The lowest BCUT2D eigenvalue weighted by molar-refractivity contribution is -0.136. The Hall–Kier alpha value is -1.04. The van der Waals surface area contributed by atoms with Crippen LogP contribution in [-0.2, 0) is 6.18 Å². The first-order chi connectivity index (χ1) is 5.95. The normalized spacial score (nSPS) is 11.5. The zero-order chi connectivity index (χ0) is 10.1. The molecule has 1 aromatic rings. The van der Waals surface area contributed by atoms with E-state index in [2.05, 4.69) is 0 Å². The molecule has 0 aliphatic carbocycles. The van der Waals surface area contributed by atoms with Gasteiger partial charge in [-0.3, -0.25) is 0 Å². The molecule has 0 amide bonds. The highest BCUT2D eigenvalue weighted by molar-refractivity contribution is 6.46. The first-order valence-corrected chi connectivity index (χ1v) is 3.29. The van der Waals surface area contributed by atoms with E-state index in [1.54, 1.807) is 0 Å². The molecule has 6 heteroatoms. The van der Waals surface area contributed by atoms with E-state index < -0.39 is 23.0 Å². The van der Waals surface area contributed by atoms with Crippen molar-refractivity contribution in [3.05, 3.63) is 29.6 Å². The van der Waals surface area contributed by atoms with Crippen molar-refractivity contribution in [3.63, 3.8) is 0 Å². The summed E-state index contributed by atoms with van der Waals surface area (Å²) in [4.78, 5) is 0. The molecule has 0 spiro atoms. The van der Waals surface area contributed by atoms with Gasteiger partial charge in [-0.15, -0.1) is 0 Å². The molecule has 0 fully saturated rings. The minimum atomic E-state index is -4.58. The van der Waals surface area contributed by atoms with Gasteiger partial charge in [0.2, 0.25) is 0 Å². The van der Waals surface area contributed by atoms with Gasteiger partial charge in [-0.1, -0.05) is 0 Å². The van der Waals surface area contributed by atoms with Gasteiger partial charge in [0.05, 0.1) is 5.56 Å². The Labute approximate surface area is 72.3 Å². The van der Waals surface area contributed by atoms with Crippen molar-refractivity contribution < 1.29 is 22.6 Å². The Morgan fingerprint density at radius 1 is 1.23 bits per heavy atom. The summed E-state index contributed by atoms with van der Waals surface area (Å²) in [5, 5.41) is 8.41. The lowest BCUT2D eigenvalue weighted by Crippen LogP contribution is -2.25. The summed E-state index contributed by atoms with van der Waals surface area (Å²) in [5.74, 6) is -0.826. The van der Waals surface area contributed by atoms with Crippen LogP contribution in [0.2, 0.25) is 0 Å². The minimum absolute atomic E-state index is 0.228. The van der Waals surface area contributed by atoms with Crippen molar-refractivity contribution in [1.29, 1.82) is 0 Å². The molecule has 1 nitrogen and oxygen atoms in total. The molecule has 0 bridgehead atoms. The molecule has 1 radical (unpaired) electrons. The van der Waals surface area contributed by atoms with Crippen LogP contribution in [0.25, 0.3) is 0 Å². The molecule has 13 heavy (non-hydrogen) atoms. The molecule has 0 heterocycles. The van der Waals surface area contributed by atoms with E-state index in [-0.39, 0.29) is 7.48 Å². The third-order valence-electron chi connectivity index (χ3n) is 1.46. The van der Waals surface area contributed by atoms with Crippen LogP contribution >= 0.6 is 0 Å². The Kier molecular flexibility index (Phi) is 2.61. The van der Waals surface area contributed by atoms with Gasteiger partial charge in [-0.2, -0.15) is 13.2 Å². The van der Waals surface area contributed by atoms with Crippen molar-refractivity contribution >= 4 is 12.9 Å². The molecule has 1 aromatic carbocycles. The standard InChI is InChI=1S/C7H4BF4O/c9-4-1-2-5(7(10,11)12)6(3-4)8-13/h1-3,13H. The van der Waals surface area contributed by atoms with Crippen LogP contribution in [-0.4, -0.2) is 12.5 Å². The molecule has 0 aliphatic rings. The summed E-state index contributed by atoms with van der Waals surface area (Å²) < 4.78 is 48.8. The topological polar surface area (TPSA) is 20.2 Å². The summed E-state index contributed by atoms with van der Waals surface area (Å²) in [6, 6.07) is 1.88. The first kappa shape index (κ1) is 10.0. The number of alkyl halides is 3. The first-order valence-electron chi connectivity index (χ1n) is 3.29. The maximum atomic E-state index is 12.4. The number of benzene rings is 1. The lowest BCUT2D eigenvalue weighted by atomic mass is 9.84. The summed E-state index contributed by atoms with van der Waals surface area (Å²) in [7, 11) is 0.228. The molecular formula is C7H4BF4O. The van der Waals surface area contributed by atoms with Crippen LogP contribution in [0.3, 0.4) is 0 Å². The zero-order valence-corrected chi connectivity index (χ0v) is 6.27. The van der Waals surface area contributed by atoms with E-state index in [4.69, 9.17) is 5.02 Å². The van der Waals surface area contributed by atoms with Gasteiger partial charge in [-0.05, 0) is 23.7 Å². The van der Waals surface area contributed by atoms with E-state index >= 15 is 0 Å². The van der Waals surface area contributed by atoms with Crippen molar-refractivity contribution in [2.45, 2.75) is 6.18 Å². The van der Waals surface area contributed by atoms with Gasteiger partial charge in [0.25, 0.3) is 0 Å². The number of hydrogen-bond donors (Lipinski definition) is 1. The molecule has 0 aromatic heterocycles. The highest BCUT2D eigenvalue weighted by atomic mass is 19.4. The fourth-order valence-electron chi connectivity index (χ4n) is 0.899. The maximum absolute atomic E-state index is 12.4. The maximum Gasteiger partial charge on any atom is 0.415 e. The van der Waals surface area contributed by atoms with Gasteiger partial charge in [-0.25, -0.2) is 4.39 Å². The molecule has 0 atom stereocenters. The zero-order valence-electron chi connectivity index (χ0n) is 6.27. The highest BCUT2D eigenvalue weighted by Crippen LogP contribution is 2.27. The van der Waals surface area contributed by atoms with Crippen LogP contribution in [0.4, 0.5) is 17.6 Å². The second-order valence-corrected chi connectivity index (χ2v) is 2.36. The summed E-state index contributed by atoms with van der Waals surface area (Å²) >= 11 is 0. The van der Waals surface area contributed by atoms with Crippen LogP contribution < -0.4 is 5.46 Å². The van der Waals surface area contributed by atoms with Crippen LogP contribution in [0.15, 0.2) is 18.2 Å². The SMILES string of the molecule is O[B]c1cc(F)ccc1C(F)(F)F.